The lowest BCUT2D eigenvalue weighted by Crippen LogP contribution is -2.41. The van der Waals surface area contributed by atoms with E-state index in [-0.39, 0.29) is 16.6 Å². The molecule has 0 bridgehead atoms. The standard InChI is InChI=1S/C13H20FN3O2S/c1-9(17(2)11-4-5-11)8-16-20(18,19)13-6-3-10(14)7-12(13)15/h3,6-7,9,11,16H,4-5,8,15H2,1-2H3. The molecule has 0 spiro atoms. The molecule has 1 saturated carbocycles. The summed E-state index contributed by atoms with van der Waals surface area (Å²) in [5, 5.41) is 0. The quantitative estimate of drug-likeness (QED) is 0.773. The molecule has 0 heterocycles. The lowest BCUT2D eigenvalue weighted by Gasteiger charge is -2.24. The van der Waals surface area contributed by atoms with Gasteiger partial charge >= 0.3 is 0 Å². The van der Waals surface area contributed by atoms with E-state index in [0.29, 0.717) is 12.6 Å². The van der Waals surface area contributed by atoms with Crippen molar-refractivity contribution in [2.75, 3.05) is 19.3 Å². The number of nitrogens with two attached hydrogens (primary N) is 1. The molecule has 1 aliphatic carbocycles. The summed E-state index contributed by atoms with van der Waals surface area (Å²) in [4.78, 5) is 2.08. The molecule has 1 aromatic rings. The Balaban J connectivity index is 2.03. The van der Waals surface area contributed by atoms with Gasteiger partial charge in [0.15, 0.2) is 0 Å². The molecule has 20 heavy (non-hydrogen) atoms. The highest BCUT2D eigenvalue weighted by Crippen LogP contribution is 2.27. The second-order valence-corrected chi connectivity index (χ2v) is 7.02. The van der Waals surface area contributed by atoms with E-state index >= 15 is 0 Å². The zero-order chi connectivity index (χ0) is 14.9. The van der Waals surface area contributed by atoms with Gasteiger partial charge in [0, 0.05) is 18.6 Å². The van der Waals surface area contributed by atoms with Crippen LogP contribution in [0.2, 0.25) is 0 Å². The molecule has 1 atom stereocenters. The topological polar surface area (TPSA) is 75.4 Å². The first kappa shape index (κ1) is 15.2. The van der Waals surface area contributed by atoms with Crippen LogP contribution in [0.25, 0.3) is 0 Å². The average Bonchev–Trinajstić information content (AvgIpc) is 3.18. The van der Waals surface area contributed by atoms with Crippen LogP contribution in [0.3, 0.4) is 0 Å². The van der Waals surface area contributed by atoms with Crippen molar-refractivity contribution in [2.24, 2.45) is 0 Å². The molecular weight excluding hydrogens is 281 g/mol. The third-order valence-electron chi connectivity index (χ3n) is 3.65. The van der Waals surface area contributed by atoms with Gasteiger partial charge in [0.25, 0.3) is 0 Å². The van der Waals surface area contributed by atoms with Crippen LogP contribution < -0.4 is 10.5 Å². The van der Waals surface area contributed by atoms with Gasteiger partial charge in [0.05, 0.1) is 5.69 Å². The molecule has 1 aromatic carbocycles. The van der Waals surface area contributed by atoms with Gasteiger partial charge in [-0.3, -0.25) is 4.90 Å². The summed E-state index contributed by atoms with van der Waals surface area (Å²) >= 11 is 0. The first-order chi connectivity index (χ1) is 9.31. The Bertz CT molecular complexity index is 587. The van der Waals surface area contributed by atoms with E-state index in [0.717, 1.165) is 12.1 Å². The third-order valence-corrected chi connectivity index (χ3v) is 5.15. The van der Waals surface area contributed by atoms with Crippen LogP contribution in [0.5, 0.6) is 0 Å². The third kappa shape index (κ3) is 3.47. The Labute approximate surface area is 119 Å². The van der Waals surface area contributed by atoms with Crippen molar-refractivity contribution >= 4 is 15.7 Å². The summed E-state index contributed by atoms with van der Waals surface area (Å²) in [5.74, 6) is -0.553. The highest BCUT2D eigenvalue weighted by Gasteiger charge is 2.29. The molecule has 7 heteroatoms. The molecule has 0 radical (unpaired) electrons. The van der Waals surface area contributed by atoms with Crippen molar-refractivity contribution in [3.8, 4) is 0 Å². The summed E-state index contributed by atoms with van der Waals surface area (Å²) < 4.78 is 39.8. The number of anilines is 1. The smallest absolute Gasteiger partial charge is 0.242 e. The number of nitrogen functional groups attached to an aromatic ring is 1. The van der Waals surface area contributed by atoms with Gasteiger partial charge in [-0.05, 0) is 45.0 Å². The van der Waals surface area contributed by atoms with E-state index in [1.54, 1.807) is 0 Å². The lowest BCUT2D eigenvalue weighted by molar-refractivity contribution is 0.248. The van der Waals surface area contributed by atoms with Gasteiger partial charge in [-0.2, -0.15) is 0 Å². The molecule has 1 aliphatic rings. The fourth-order valence-corrected chi connectivity index (χ4v) is 3.29. The predicted molar refractivity (Wildman–Crippen MR) is 76.2 cm³/mol. The highest BCUT2D eigenvalue weighted by molar-refractivity contribution is 7.89. The fraction of sp³-hybridized carbons (Fsp3) is 0.538. The van der Waals surface area contributed by atoms with Crippen LogP contribution in [0.15, 0.2) is 23.1 Å². The Morgan fingerprint density at radius 1 is 1.50 bits per heavy atom. The van der Waals surface area contributed by atoms with Crippen LogP contribution in [-0.2, 0) is 10.0 Å². The van der Waals surface area contributed by atoms with Crippen LogP contribution >= 0.6 is 0 Å². The number of benzene rings is 1. The number of sulfonamides is 1. The van der Waals surface area contributed by atoms with Gasteiger partial charge in [-0.25, -0.2) is 17.5 Å². The number of likely N-dealkylation sites (N-methyl/N-ethyl adjacent to an activating group) is 1. The van der Waals surface area contributed by atoms with Crippen molar-refractivity contribution in [2.45, 2.75) is 36.7 Å². The Kier molecular flexibility index (Phi) is 4.31. The fourth-order valence-electron chi connectivity index (χ4n) is 2.06. The van der Waals surface area contributed by atoms with Gasteiger partial charge < -0.3 is 5.73 Å². The Morgan fingerprint density at radius 3 is 2.70 bits per heavy atom. The van der Waals surface area contributed by atoms with Crippen LogP contribution in [0, 0.1) is 5.82 Å². The molecule has 3 N–H and O–H groups in total. The van der Waals surface area contributed by atoms with E-state index < -0.39 is 15.8 Å². The zero-order valence-corrected chi connectivity index (χ0v) is 12.5. The summed E-state index contributed by atoms with van der Waals surface area (Å²) in [5.41, 5.74) is 5.48. The minimum Gasteiger partial charge on any atom is -0.398 e. The number of nitrogens with one attached hydrogen (secondary N) is 1. The molecule has 0 aliphatic heterocycles. The number of nitrogens with zero attached hydrogens (tertiary/aromatic N) is 1. The van der Waals surface area contributed by atoms with Crippen LogP contribution in [-0.4, -0.2) is 39.0 Å². The normalized spacial score (nSPS) is 17.4. The number of rotatable bonds is 6. The number of hydrogen-bond acceptors (Lipinski definition) is 4. The first-order valence-corrected chi connectivity index (χ1v) is 8.06. The minimum absolute atomic E-state index is 0.0827. The second-order valence-electron chi connectivity index (χ2n) is 5.28. The summed E-state index contributed by atoms with van der Waals surface area (Å²) in [6, 6.07) is 3.94. The largest absolute Gasteiger partial charge is 0.398 e. The molecule has 112 valence electrons. The van der Waals surface area contributed by atoms with E-state index in [9.17, 15) is 12.8 Å². The van der Waals surface area contributed by atoms with Gasteiger partial charge in [-0.15, -0.1) is 0 Å². The Morgan fingerprint density at radius 2 is 2.15 bits per heavy atom. The molecule has 1 fully saturated rings. The van der Waals surface area contributed by atoms with Crippen molar-refractivity contribution in [3.63, 3.8) is 0 Å². The molecule has 0 amide bonds. The van der Waals surface area contributed by atoms with E-state index in [1.807, 2.05) is 14.0 Å². The molecule has 5 nitrogen and oxygen atoms in total. The van der Waals surface area contributed by atoms with Crippen molar-refractivity contribution < 1.29 is 12.8 Å². The van der Waals surface area contributed by atoms with Crippen LogP contribution in [0.4, 0.5) is 10.1 Å². The van der Waals surface area contributed by atoms with Crippen molar-refractivity contribution in [1.82, 2.24) is 9.62 Å². The average molecular weight is 301 g/mol. The maximum Gasteiger partial charge on any atom is 0.242 e. The maximum absolute atomic E-state index is 12.9. The number of halogens is 1. The van der Waals surface area contributed by atoms with Gasteiger partial charge in [-0.1, -0.05) is 0 Å². The molecule has 1 unspecified atom stereocenters. The SMILES string of the molecule is CC(CNS(=O)(=O)c1ccc(F)cc1N)N(C)C1CC1. The van der Waals surface area contributed by atoms with E-state index in [1.165, 1.54) is 18.9 Å². The highest BCUT2D eigenvalue weighted by atomic mass is 32.2. The van der Waals surface area contributed by atoms with E-state index in [2.05, 4.69) is 9.62 Å². The monoisotopic (exact) mass is 301 g/mol. The van der Waals surface area contributed by atoms with Gasteiger partial charge in [0.2, 0.25) is 10.0 Å². The number of hydrogen-bond donors (Lipinski definition) is 2. The summed E-state index contributed by atoms with van der Waals surface area (Å²) in [6.45, 7) is 2.26. The minimum atomic E-state index is -3.71. The van der Waals surface area contributed by atoms with Crippen molar-refractivity contribution in [1.29, 1.82) is 0 Å². The summed E-state index contributed by atoms with van der Waals surface area (Å²) in [7, 11) is -1.72. The first-order valence-electron chi connectivity index (χ1n) is 6.58. The molecule has 0 saturated heterocycles. The second kappa shape index (κ2) is 5.67. The van der Waals surface area contributed by atoms with Crippen LogP contribution in [0.1, 0.15) is 19.8 Å². The van der Waals surface area contributed by atoms with Crippen molar-refractivity contribution in [3.05, 3.63) is 24.0 Å². The molecule has 0 aromatic heterocycles. The Hall–Kier alpha value is -1.18. The zero-order valence-electron chi connectivity index (χ0n) is 11.6. The van der Waals surface area contributed by atoms with Gasteiger partial charge in [0.1, 0.15) is 10.7 Å². The van der Waals surface area contributed by atoms with E-state index in [4.69, 9.17) is 5.73 Å². The summed E-state index contributed by atoms with van der Waals surface area (Å²) in [6.07, 6.45) is 2.33. The molecular formula is C13H20FN3O2S. The maximum atomic E-state index is 12.9. The lowest BCUT2D eigenvalue weighted by atomic mass is 10.3. The predicted octanol–water partition coefficient (Wildman–Crippen LogP) is 1.17. The molecule has 2 rings (SSSR count).